The fourth-order valence-corrected chi connectivity index (χ4v) is 5.76. The van der Waals surface area contributed by atoms with Crippen LogP contribution in [0.4, 0.5) is 13.2 Å². The van der Waals surface area contributed by atoms with Gasteiger partial charge in [0.15, 0.2) is 0 Å². The third kappa shape index (κ3) is 4.29. The first-order valence-corrected chi connectivity index (χ1v) is 11.6. The molecule has 3 aromatic rings. The van der Waals surface area contributed by atoms with E-state index in [0.717, 1.165) is 30.4 Å². The van der Waals surface area contributed by atoms with Gasteiger partial charge >= 0.3 is 6.18 Å². The lowest BCUT2D eigenvalue weighted by Gasteiger charge is -2.22. The van der Waals surface area contributed by atoms with Crippen molar-refractivity contribution in [1.82, 2.24) is 14.7 Å². The van der Waals surface area contributed by atoms with Crippen molar-refractivity contribution >= 4 is 32.8 Å². The van der Waals surface area contributed by atoms with Gasteiger partial charge in [-0.2, -0.15) is 24.9 Å². The molecule has 1 aromatic carbocycles. The number of nitrogens with one attached hydrogen (secondary N) is 2. The third-order valence-electron chi connectivity index (χ3n) is 4.86. The van der Waals surface area contributed by atoms with Gasteiger partial charge in [-0.15, -0.1) is 0 Å². The van der Waals surface area contributed by atoms with Crippen LogP contribution in [-0.4, -0.2) is 35.9 Å². The lowest BCUT2D eigenvalue weighted by molar-refractivity contribution is -0.140. The molecule has 1 aliphatic heterocycles. The molecule has 1 fully saturated rings. The topological polar surface area (TPSA) is 74.8 Å². The molecule has 0 atom stereocenters. The second kappa shape index (κ2) is 7.66. The van der Waals surface area contributed by atoms with Gasteiger partial charge in [0.25, 0.3) is 0 Å². The molecule has 10 heteroatoms. The van der Waals surface area contributed by atoms with Crippen molar-refractivity contribution in [3.8, 4) is 11.1 Å². The molecule has 1 aliphatic rings. The second-order valence-electron chi connectivity index (χ2n) is 6.83. The van der Waals surface area contributed by atoms with Crippen LogP contribution in [0.1, 0.15) is 18.5 Å². The zero-order valence-corrected chi connectivity index (χ0v) is 16.8. The highest BCUT2D eigenvalue weighted by Crippen LogP contribution is 2.34. The van der Waals surface area contributed by atoms with E-state index in [0.29, 0.717) is 16.5 Å². The molecule has 4 rings (SSSR count). The zero-order valence-electron chi connectivity index (χ0n) is 15.2. The number of hydrogen-bond donors (Lipinski definition) is 2. The molecule has 0 radical (unpaired) electrons. The van der Waals surface area contributed by atoms with Crippen LogP contribution in [0, 0.1) is 0 Å². The highest BCUT2D eigenvalue weighted by molar-refractivity contribution is 7.99. The van der Waals surface area contributed by atoms with Crippen LogP contribution in [0.15, 0.2) is 47.5 Å². The SMILES string of the molecule is O=S(=O)(NC1CCSCC1)c1ccc(-c2ccnc3[nH]c(C(F)(F)F)cc23)cc1. The molecule has 0 aliphatic carbocycles. The first-order valence-electron chi connectivity index (χ1n) is 8.99. The van der Waals surface area contributed by atoms with E-state index in [2.05, 4.69) is 14.7 Å². The Kier molecular flexibility index (Phi) is 5.34. The summed E-state index contributed by atoms with van der Waals surface area (Å²) in [5.74, 6) is 1.86. The van der Waals surface area contributed by atoms with Gasteiger partial charge in [-0.25, -0.2) is 18.1 Å². The Hall–Kier alpha value is -2.04. The lowest BCUT2D eigenvalue weighted by Crippen LogP contribution is -2.37. The van der Waals surface area contributed by atoms with Gasteiger partial charge in [-0.05, 0) is 59.7 Å². The van der Waals surface area contributed by atoms with Gasteiger partial charge in [0.2, 0.25) is 10.0 Å². The number of benzene rings is 1. The Bertz CT molecular complexity index is 1120. The molecule has 29 heavy (non-hydrogen) atoms. The number of pyridine rings is 1. The van der Waals surface area contributed by atoms with Crippen molar-refractivity contribution in [3.05, 3.63) is 48.3 Å². The summed E-state index contributed by atoms with van der Waals surface area (Å²) >= 11 is 1.81. The summed E-state index contributed by atoms with van der Waals surface area (Å²) in [6.45, 7) is 0. The number of rotatable bonds is 4. The Morgan fingerprint density at radius 3 is 2.45 bits per heavy atom. The fourth-order valence-electron chi connectivity index (χ4n) is 3.35. The summed E-state index contributed by atoms with van der Waals surface area (Å²) in [7, 11) is -3.64. The van der Waals surface area contributed by atoms with Crippen LogP contribution in [0.5, 0.6) is 0 Å². The Balaban J connectivity index is 1.63. The number of aromatic nitrogens is 2. The molecule has 3 heterocycles. The lowest BCUT2D eigenvalue weighted by atomic mass is 10.0. The van der Waals surface area contributed by atoms with Crippen LogP contribution in [0.25, 0.3) is 22.2 Å². The predicted molar refractivity (Wildman–Crippen MR) is 107 cm³/mol. The summed E-state index contributed by atoms with van der Waals surface area (Å²) in [5.41, 5.74) is 0.408. The van der Waals surface area contributed by atoms with Gasteiger partial charge in [-0.1, -0.05) is 12.1 Å². The van der Waals surface area contributed by atoms with Crippen LogP contribution in [-0.2, 0) is 16.2 Å². The van der Waals surface area contributed by atoms with E-state index in [1.54, 1.807) is 18.2 Å². The predicted octanol–water partition coefficient (Wildman–Crippen LogP) is 4.42. The molecule has 0 bridgehead atoms. The first-order chi connectivity index (χ1) is 13.7. The van der Waals surface area contributed by atoms with Crippen molar-refractivity contribution in [1.29, 1.82) is 0 Å². The maximum absolute atomic E-state index is 13.0. The molecule has 2 aromatic heterocycles. The van der Waals surface area contributed by atoms with E-state index in [1.807, 2.05) is 11.8 Å². The standard InChI is InChI=1S/C19H18F3N3O2S2/c20-19(21,22)17-11-16-15(5-8-23-18(16)24-17)12-1-3-14(4-2-12)29(26,27)25-13-6-9-28-10-7-13/h1-5,8,11,13,25H,6-7,9-10H2,(H,23,24). The van der Waals surface area contributed by atoms with Gasteiger partial charge in [0.05, 0.1) is 4.90 Å². The van der Waals surface area contributed by atoms with Crippen LogP contribution >= 0.6 is 11.8 Å². The largest absolute Gasteiger partial charge is 0.431 e. The molecule has 154 valence electrons. The van der Waals surface area contributed by atoms with Gasteiger partial charge in [0, 0.05) is 17.6 Å². The summed E-state index contributed by atoms with van der Waals surface area (Å²) in [4.78, 5) is 6.38. The number of thioether (sulfide) groups is 1. The number of fused-ring (bicyclic) bond motifs is 1. The van der Waals surface area contributed by atoms with E-state index in [-0.39, 0.29) is 16.6 Å². The highest BCUT2D eigenvalue weighted by atomic mass is 32.2. The maximum Gasteiger partial charge on any atom is 0.431 e. The van der Waals surface area contributed by atoms with E-state index < -0.39 is 21.9 Å². The van der Waals surface area contributed by atoms with Crippen LogP contribution in [0.3, 0.4) is 0 Å². The van der Waals surface area contributed by atoms with Gasteiger partial charge in [0.1, 0.15) is 11.3 Å². The van der Waals surface area contributed by atoms with E-state index >= 15 is 0 Å². The number of H-pyrrole nitrogens is 1. The van der Waals surface area contributed by atoms with Crippen LogP contribution < -0.4 is 4.72 Å². The van der Waals surface area contributed by atoms with Crippen LogP contribution in [0.2, 0.25) is 0 Å². The number of sulfonamides is 1. The minimum absolute atomic E-state index is 0.0682. The summed E-state index contributed by atoms with van der Waals surface area (Å²) < 4.78 is 67.0. The Morgan fingerprint density at radius 1 is 1.10 bits per heavy atom. The monoisotopic (exact) mass is 441 g/mol. The molecule has 0 saturated carbocycles. The van der Waals surface area contributed by atoms with Crippen molar-refractivity contribution in [3.63, 3.8) is 0 Å². The van der Waals surface area contributed by atoms with E-state index in [4.69, 9.17) is 0 Å². The molecule has 0 spiro atoms. The van der Waals surface area contributed by atoms with Gasteiger partial charge < -0.3 is 4.98 Å². The first kappa shape index (κ1) is 20.2. The molecule has 0 unspecified atom stereocenters. The molecular formula is C19H18F3N3O2S2. The summed E-state index contributed by atoms with van der Waals surface area (Å²) in [6, 6.07) is 8.70. The quantitative estimate of drug-likeness (QED) is 0.629. The number of hydrogen-bond acceptors (Lipinski definition) is 4. The Labute approximate surface area is 170 Å². The van der Waals surface area contributed by atoms with E-state index in [1.165, 1.54) is 18.3 Å². The molecule has 5 nitrogen and oxygen atoms in total. The molecule has 0 amide bonds. The summed E-state index contributed by atoms with van der Waals surface area (Å²) in [6.07, 6.45) is -1.49. The molecule has 2 N–H and O–H groups in total. The second-order valence-corrected chi connectivity index (χ2v) is 9.77. The fraction of sp³-hybridized carbons (Fsp3) is 0.316. The maximum atomic E-state index is 13.0. The minimum Gasteiger partial charge on any atom is -0.336 e. The van der Waals surface area contributed by atoms with Crippen molar-refractivity contribution in [2.75, 3.05) is 11.5 Å². The van der Waals surface area contributed by atoms with Crippen molar-refractivity contribution in [2.45, 2.75) is 30.0 Å². The molecular weight excluding hydrogens is 423 g/mol. The smallest absolute Gasteiger partial charge is 0.336 e. The van der Waals surface area contributed by atoms with Crippen molar-refractivity contribution in [2.24, 2.45) is 0 Å². The number of halogens is 3. The average molecular weight is 442 g/mol. The van der Waals surface area contributed by atoms with Gasteiger partial charge in [-0.3, -0.25) is 0 Å². The zero-order chi connectivity index (χ0) is 20.6. The molecule has 1 saturated heterocycles. The van der Waals surface area contributed by atoms with Crippen molar-refractivity contribution < 1.29 is 21.6 Å². The highest BCUT2D eigenvalue weighted by Gasteiger charge is 2.33. The number of nitrogens with zero attached hydrogens (tertiary/aromatic N) is 1. The van der Waals surface area contributed by atoms with E-state index in [9.17, 15) is 21.6 Å². The Morgan fingerprint density at radius 2 is 1.79 bits per heavy atom. The summed E-state index contributed by atoms with van der Waals surface area (Å²) in [5, 5.41) is 0.327. The minimum atomic E-state index is -4.50. The number of alkyl halides is 3. The normalized spacial score (nSPS) is 16.4. The average Bonchev–Trinajstić information content (AvgIpc) is 3.13. The number of aromatic amines is 1. The third-order valence-corrected chi connectivity index (χ3v) is 7.44.